The molecule has 5 rings (SSSR count). The Morgan fingerprint density at radius 2 is 1.48 bits per heavy atom. The topological polar surface area (TPSA) is 93.1 Å². The van der Waals surface area contributed by atoms with Crippen LogP contribution in [0.3, 0.4) is 0 Å². The van der Waals surface area contributed by atoms with Gasteiger partial charge in [-0.15, -0.1) is 0 Å². The summed E-state index contributed by atoms with van der Waals surface area (Å²) in [6.07, 6.45) is 0. The molecular formula is C33H34N4O5. The van der Waals surface area contributed by atoms with Crippen LogP contribution >= 0.6 is 0 Å². The molecule has 0 aliphatic carbocycles. The number of piperazine rings is 1. The summed E-state index contributed by atoms with van der Waals surface area (Å²) in [6, 6.07) is 26.1. The molecule has 1 aliphatic rings. The van der Waals surface area contributed by atoms with Gasteiger partial charge in [0.2, 0.25) is 0 Å². The van der Waals surface area contributed by atoms with Gasteiger partial charge >= 0.3 is 12.0 Å². The molecule has 2 heterocycles. The molecule has 0 bridgehead atoms. The van der Waals surface area contributed by atoms with Crippen molar-refractivity contribution in [1.82, 2.24) is 14.4 Å². The van der Waals surface area contributed by atoms with E-state index < -0.39 is 5.97 Å². The number of nitrogens with one attached hydrogen (secondary N) is 1. The predicted octanol–water partition coefficient (Wildman–Crippen LogP) is 5.63. The molecular weight excluding hydrogens is 532 g/mol. The van der Waals surface area contributed by atoms with E-state index in [-0.39, 0.29) is 11.9 Å². The number of benzene rings is 3. The second kappa shape index (κ2) is 12.6. The quantitative estimate of drug-likeness (QED) is 0.293. The van der Waals surface area contributed by atoms with Crippen LogP contribution in [-0.4, -0.2) is 72.2 Å². The summed E-state index contributed by atoms with van der Waals surface area (Å²) in [7, 11) is 1.64. The minimum absolute atomic E-state index is 0.0634. The largest absolute Gasteiger partial charge is 0.497 e. The van der Waals surface area contributed by atoms with Crippen LogP contribution < -0.4 is 10.1 Å². The molecule has 1 saturated heterocycles. The summed E-state index contributed by atoms with van der Waals surface area (Å²) in [4.78, 5) is 42.0. The smallest absolute Gasteiger partial charge is 0.338 e. The molecule has 0 unspecified atom stereocenters. The minimum atomic E-state index is -0.401. The van der Waals surface area contributed by atoms with Gasteiger partial charge in [0.15, 0.2) is 0 Å². The summed E-state index contributed by atoms with van der Waals surface area (Å²) in [5.41, 5.74) is 5.34. The number of ether oxygens (including phenoxy) is 2. The number of esters is 1. The number of hydrogen-bond donors (Lipinski definition) is 1. The van der Waals surface area contributed by atoms with E-state index in [9.17, 15) is 14.4 Å². The zero-order chi connectivity index (χ0) is 29.6. The Morgan fingerprint density at radius 3 is 2.10 bits per heavy atom. The molecule has 9 heteroatoms. The number of carbonyl (C=O) groups is 3. The number of nitrogens with zero attached hydrogens (tertiary/aromatic N) is 3. The first kappa shape index (κ1) is 28.5. The lowest BCUT2D eigenvalue weighted by atomic mass is 10.1. The average Bonchev–Trinajstić information content (AvgIpc) is 3.38. The van der Waals surface area contributed by atoms with Gasteiger partial charge in [0.25, 0.3) is 5.91 Å². The van der Waals surface area contributed by atoms with Crippen molar-refractivity contribution >= 4 is 23.6 Å². The van der Waals surface area contributed by atoms with E-state index in [1.807, 2.05) is 67.6 Å². The second-order valence-corrected chi connectivity index (χ2v) is 9.94. The first-order valence-corrected chi connectivity index (χ1v) is 13.9. The van der Waals surface area contributed by atoms with Crippen molar-refractivity contribution in [2.75, 3.05) is 45.2 Å². The number of carbonyl (C=O) groups excluding carboxylic acids is 3. The lowest BCUT2D eigenvalue weighted by Crippen LogP contribution is -2.51. The Hall–Kier alpha value is -5.05. The summed E-state index contributed by atoms with van der Waals surface area (Å²) < 4.78 is 12.4. The van der Waals surface area contributed by atoms with Gasteiger partial charge in [-0.1, -0.05) is 18.2 Å². The Labute approximate surface area is 245 Å². The molecule has 1 aromatic heterocycles. The lowest BCUT2D eigenvalue weighted by Gasteiger charge is -2.34. The number of methoxy groups -OCH3 is 1. The molecule has 0 spiro atoms. The molecule has 42 heavy (non-hydrogen) atoms. The molecule has 9 nitrogen and oxygen atoms in total. The summed E-state index contributed by atoms with van der Waals surface area (Å²) in [6.45, 7) is 5.66. The third-order valence-electron chi connectivity index (χ3n) is 7.38. The van der Waals surface area contributed by atoms with Crippen molar-refractivity contribution in [2.45, 2.75) is 13.8 Å². The number of aromatic nitrogens is 1. The summed E-state index contributed by atoms with van der Waals surface area (Å²) in [5.74, 6) is 0.299. The Kier molecular flexibility index (Phi) is 8.57. The maximum atomic E-state index is 13.8. The number of amides is 3. The van der Waals surface area contributed by atoms with Crippen LogP contribution in [0.2, 0.25) is 0 Å². The van der Waals surface area contributed by atoms with E-state index in [1.54, 1.807) is 48.1 Å². The van der Waals surface area contributed by atoms with Crippen LogP contribution in [0.1, 0.15) is 33.3 Å². The summed E-state index contributed by atoms with van der Waals surface area (Å²) in [5, 5.41) is 2.87. The zero-order valence-corrected chi connectivity index (χ0v) is 24.0. The molecule has 0 atom stereocenters. The zero-order valence-electron chi connectivity index (χ0n) is 24.0. The minimum Gasteiger partial charge on any atom is -0.497 e. The highest BCUT2D eigenvalue weighted by Crippen LogP contribution is 2.31. The van der Waals surface area contributed by atoms with Gasteiger partial charge in [-0.2, -0.15) is 0 Å². The molecule has 3 aromatic carbocycles. The van der Waals surface area contributed by atoms with Crippen LogP contribution in [0.25, 0.3) is 16.9 Å². The maximum Gasteiger partial charge on any atom is 0.338 e. The monoisotopic (exact) mass is 566 g/mol. The fourth-order valence-electron chi connectivity index (χ4n) is 5.10. The standard InChI is InChI=1S/C33H34N4O5/c1-4-42-32(39)25-10-14-26(15-11-25)34-33(40)36-20-18-35(19-21-36)31(38)29-22-30(24-12-16-28(41-3)17-13-24)37(23(29)2)27-8-6-5-7-9-27/h5-17,22H,4,18-21H2,1-3H3,(H,34,40). The van der Waals surface area contributed by atoms with Crippen molar-refractivity contribution in [1.29, 1.82) is 0 Å². The molecule has 216 valence electrons. The van der Waals surface area contributed by atoms with E-state index in [1.165, 1.54) is 0 Å². The van der Waals surface area contributed by atoms with E-state index in [0.29, 0.717) is 49.6 Å². The first-order valence-electron chi connectivity index (χ1n) is 13.9. The van der Waals surface area contributed by atoms with Crippen LogP contribution in [0.4, 0.5) is 10.5 Å². The SMILES string of the molecule is CCOC(=O)c1ccc(NC(=O)N2CCN(C(=O)c3cc(-c4ccc(OC)cc4)n(-c4ccccc4)c3C)CC2)cc1. The third-order valence-corrected chi connectivity index (χ3v) is 7.38. The molecule has 0 saturated carbocycles. The first-order chi connectivity index (χ1) is 20.4. The van der Waals surface area contributed by atoms with Crippen molar-refractivity contribution in [3.05, 3.63) is 102 Å². The van der Waals surface area contributed by atoms with Crippen LogP contribution in [0.15, 0.2) is 84.9 Å². The van der Waals surface area contributed by atoms with Gasteiger partial charge in [0.1, 0.15) is 5.75 Å². The fraction of sp³-hybridized carbons (Fsp3) is 0.242. The van der Waals surface area contributed by atoms with Gasteiger partial charge < -0.3 is 29.2 Å². The number of rotatable bonds is 7. The molecule has 1 N–H and O–H groups in total. The molecule has 1 fully saturated rings. The number of hydrogen-bond acceptors (Lipinski definition) is 5. The average molecular weight is 567 g/mol. The van der Waals surface area contributed by atoms with Crippen LogP contribution in [0.5, 0.6) is 5.75 Å². The second-order valence-electron chi connectivity index (χ2n) is 9.94. The predicted molar refractivity (Wildman–Crippen MR) is 161 cm³/mol. The van der Waals surface area contributed by atoms with Crippen LogP contribution in [-0.2, 0) is 4.74 Å². The number of para-hydroxylation sites is 1. The number of urea groups is 1. The normalized spacial score (nSPS) is 13.0. The molecule has 0 radical (unpaired) electrons. The maximum absolute atomic E-state index is 13.8. The summed E-state index contributed by atoms with van der Waals surface area (Å²) >= 11 is 0. The Balaban J connectivity index is 1.29. The third kappa shape index (κ3) is 6.00. The van der Waals surface area contributed by atoms with Gasteiger partial charge in [0, 0.05) is 43.2 Å². The Bertz CT molecular complexity index is 1550. The molecule has 1 aliphatic heterocycles. The van der Waals surface area contributed by atoms with E-state index in [2.05, 4.69) is 9.88 Å². The highest BCUT2D eigenvalue weighted by molar-refractivity contribution is 5.98. The van der Waals surface area contributed by atoms with Crippen molar-refractivity contribution in [2.24, 2.45) is 0 Å². The molecule has 4 aromatic rings. The van der Waals surface area contributed by atoms with E-state index in [4.69, 9.17) is 9.47 Å². The van der Waals surface area contributed by atoms with Gasteiger partial charge in [-0.05, 0) is 86.1 Å². The highest BCUT2D eigenvalue weighted by atomic mass is 16.5. The van der Waals surface area contributed by atoms with Gasteiger partial charge in [-0.25, -0.2) is 9.59 Å². The van der Waals surface area contributed by atoms with Crippen LogP contribution in [0, 0.1) is 6.92 Å². The molecule has 3 amide bonds. The lowest BCUT2D eigenvalue weighted by molar-refractivity contribution is 0.0526. The van der Waals surface area contributed by atoms with Gasteiger partial charge in [-0.3, -0.25) is 4.79 Å². The van der Waals surface area contributed by atoms with Gasteiger partial charge in [0.05, 0.1) is 30.5 Å². The van der Waals surface area contributed by atoms with Crippen molar-refractivity contribution in [3.63, 3.8) is 0 Å². The van der Waals surface area contributed by atoms with E-state index in [0.717, 1.165) is 28.4 Å². The fourth-order valence-corrected chi connectivity index (χ4v) is 5.10. The van der Waals surface area contributed by atoms with E-state index >= 15 is 0 Å². The van der Waals surface area contributed by atoms with Crippen molar-refractivity contribution in [3.8, 4) is 22.7 Å². The Morgan fingerprint density at radius 1 is 0.833 bits per heavy atom. The van der Waals surface area contributed by atoms with Crippen molar-refractivity contribution < 1.29 is 23.9 Å². The number of anilines is 1. The highest BCUT2D eigenvalue weighted by Gasteiger charge is 2.28.